The summed E-state index contributed by atoms with van der Waals surface area (Å²) in [5.41, 5.74) is 2.03. The lowest BCUT2D eigenvalue weighted by Gasteiger charge is -2.21. The van der Waals surface area contributed by atoms with Gasteiger partial charge in [0.05, 0.1) is 18.4 Å². The smallest absolute Gasteiger partial charge is 0.337 e. The van der Waals surface area contributed by atoms with Crippen molar-refractivity contribution in [2.24, 2.45) is 0 Å². The lowest BCUT2D eigenvalue weighted by molar-refractivity contribution is 0.0600. The zero-order valence-electron chi connectivity index (χ0n) is 17.0. The third-order valence-corrected chi connectivity index (χ3v) is 5.14. The van der Waals surface area contributed by atoms with Gasteiger partial charge in [-0.1, -0.05) is 0 Å². The highest BCUT2D eigenvalue weighted by Crippen LogP contribution is 2.23. The molecule has 8 heteroatoms. The lowest BCUT2D eigenvalue weighted by Crippen LogP contribution is -2.33. The van der Waals surface area contributed by atoms with Crippen molar-refractivity contribution in [3.05, 3.63) is 47.0 Å². The minimum atomic E-state index is -0.439. The van der Waals surface area contributed by atoms with Crippen LogP contribution < -0.4 is 5.32 Å². The van der Waals surface area contributed by atoms with Gasteiger partial charge in [-0.05, 0) is 57.4 Å². The monoisotopic (exact) mass is 398 g/mol. The van der Waals surface area contributed by atoms with Gasteiger partial charge < -0.3 is 19.5 Å². The van der Waals surface area contributed by atoms with E-state index in [9.17, 15) is 14.4 Å². The number of esters is 1. The number of nitrogens with one attached hydrogen (secondary N) is 1. The Balaban J connectivity index is 1.87. The van der Waals surface area contributed by atoms with Gasteiger partial charge in [0, 0.05) is 25.3 Å². The van der Waals surface area contributed by atoms with E-state index in [1.807, 2.05) is 18.4 Å². The van der Waals surface area contributed by atoms with Crippen LogP contribution in [0.4, 0.5) is 5.69 Å². The van der Waals surface area contributed by atoms with Crippen molar-refractivity contribution in [2.45, 2.75) is 39.7 Å². The van der Waals surface area contributed by atoms with Crippen molar-refractivity contribution < 1.29 is 19.1 Å². The molecule has 0 saturated heterocycles. The zero-order chi connectivity index (χ0) is 21.0. The number of nitrogens with zero attached hydrogens (tertiary/aromatic N) is 3. The lowest BCUT2D eigenvalue weighted by atomic mass is 10.1. The molecule has 2 aromatic rings. The first-order valence-corrected chi connectivity index (χ1v) is 9.88. The summed E-state index contributed by atoms with van der Waals surface area (Å²) in [6, 6.07) is 6.43. The van der Waals surface area contributed by atoms with E-state index in [-0.39, 0.29) is 17.5 Å². The van der Waals surface area contributed by atoms with Gasteiger partial charge in [-0.25, -0.2) is 9.78 Å². The molecule has 0 atom stereocenters. The van der Waals surface area contributed by atoms with Gasteiger partial charge in [0.15, 0.2) is 11.5 Å². The average molecular weight is 398 g/mol. The molecular weight excluding hydrogens is 372 g/mol. The molecule has 2 heterocycles. The summed E-state index contributed by atoms with van der Waals surface area (Å²) in [6.45, 7) is 5.71. The summed E-state index contributed by atoms with van der Waals surface area (Å²) in [7, 11) is 1.32. The molecule has 1 aromatic carbocycles. The first-order chi connectivity index (χ1) is 14.0. The first kappa shape index (κ1) is 20.6. The number of anilines is 1. The van der Waals surface area contributed by atoms with E-state index < -0.39 is 5.97 Å². The minimum Gasteiger partial charge on any atom is -0.465 e. The number of methoxy groups -OCH3 is 1. The zero-order valence-corrected chi connectivity index (χ0v) is 17.0. The number of aromatic nitrogens is 2. The number of benzene rings is 1. The topological polar surface area (TPSA) is 93.5 Å². The highest BCUT2D eigenvalue weighted by molar-refractivity contribution is 6.05. The van der Waals surface area contributed by atoms with Gasteiger partial charge in [-0.3, -0.25) is 9.59 Å². The van der Waals surface area contributed by atoms with Crippen LogP contribution in [0.1, 0.15) is 63.8 Å². The molecular formula is C21H26N4O4. The quantitative estimate of drug-likeness (QED) is 0.755. The van der Waals surface area contributed by atoms with Crippen LogP contribution in [0.3, 0.4) is 0 Å². The van der Waals surface area contributed by atoms with Crippen molar-refractivity contribution >= 4 is 23.5 Å². The van der Waals surface area contributed by atoms with E-state index in [1.165, 1.54) is 7.11 Å². The van der Waals surface area contributed by atoms with Gasteiger partial charge in [-0.2, -0.15) is 0 Å². The predicted octanol–water partition coefficient (Wildman–Crippen LogP) is 2.74. The maximum atomic E-state index is 12.9. The number of rotatable bonds is 6. The SMILES string of the molecule is CCN(CC)C(=O)c1nc(C(=O)Nc2ccc(C(=O)OC)cc2)c2n1CCCC2. The molecule has 0 spiro atoms. The van der Waals surface area contributed by atoms with E-state index in [0.29, 0.717) is 43.1 Å². The van der Waals surface area contributed by atoms with Gasteiger partial charge in [0.2, 0.25) is 0 Å². The van der Waals surface area contributed by atoms with E-state index in [1.54, 1.807) is 29.2 Å². The minimum absolute atomic E-state index is 0.153. The Bertz CT molecular complexity index is 914. The molecule has 2 amide bonds. The third kappa shape index (κ3) is 4.16. The molecule has 29 heavy (non-hydrogen) atoms. The normalized spacial score (nSPS) is 12.8. The summed E-state index contributed by atoms with van der Waals surface area (Å²) in [6.07, 6.45) is 2.62. The molecule has 1 aliphatic heterocycles. The van der Waals surface area contributed by atoms with Crippen LogP contribution in [0.5, 0.6) is 0 Å². The highest BCUT2D eigenvalue weighted by atomic mass is 16.5. The Kier molecular flexibility index (Phi) is 6.31. The molecule has 8 nitrogen and oxygen atoms in total. The number of imidazole rings is 1. The molecule has 0 unspecified atom stereocenters. The van der Waals surface area contributed by atoms with Crippen molar-refractivity contribution in [1.82, 2.24) is 14.5 Å². The molecule has 1 aromatic heterocycles. The summed E-state index contributed by atoms with van der Waals surface area (Å²) >= 11 is 0. The number of fused-ring (bicyclic) bond motifs is 1. The number of carbonyl (C=O) groups excluding carboxylic acids is 3. The molecule has 154 valence electrons. The number of carbonyl (C=O) groups is 3. The van der Waals surface area contributed by atoms with Gasteiger partial charge >= 0.3 is 5.97 Å². The molecule has 1 N–H and O–H groups in total. The van der Waals surface area contributed by atoms with Crippen LogP contribution in [0.15, 0.2) is 24.3 Å². The van der Waals surface area contributed by atoms with Gasteiger partial charge in [0.1, 0.15) is 0 Å². The Morgan fingerprint density at radius 2 is 1.83 bits per heavy atom. The fourth-order valence-electron chi connectivity index (χ4n) is 3.54. The average Bonchev–Trinajstić information content (AvgIpc) is 3.14. The van der Waals surface area contributed by atoms with Crippen LogP contribution in [0, 0.1) is 0 Å². The molecule has 0 aliphatic carbocycles. The second kappa shape index (κ2) is 8.89. The largest absolute Gasteiger partial charge is 0.465 e. The summed E-state index contributed by atoms with van der Waals surface area (Å²) < 4.78 is 6.57. The number of amides is 2. The maximum Gasteiger partial charge on any atom is 0.337 e. The van der Waals surface area contributed by atoms with Crippen LogP contribution in [0.2, 0.25) is 0 Å². The van der Waals surface area contributed by atoms with Crippen LogP contribution in [0.25, 0.3) is 0 Å². The fourth-order valence-corrected chi connectivity index (χ4v) is 3.54. The van der Waals surface area contributed by atoms with Crippen molar-refractivity contribution in [3.8, 4) is 0 Å². The van der Waals surface area contributed by atoms with Crippen LogP contribution in [-0.2, 0) is 17.7 Å². The van der Waals surface area contributed by atoms with E-state index in [2.05, 4.69) is 15.0 Å². The van der Waals surface area contributed by atoms with Gasteiger partial charge in [0.25, 0.3) is 11.8 Å². The molecule has 0 saturated carbocycles. The van der Waals surface area contributed by atoms with Crippen LogP contribution in [-0.4, -0.2) is 52.4 Å². The second-order valence-electron chi connectivity index (χ2n) is 6.84. The molecule has 1 aliphatic rings. The Morgan fingerprint density at radius 1 is 1.14 bits per heavy atom. The molecule has 0 radical (unpaired) electrons. The molecule has 3 rings (SSSR count). The summed E-state index contributed by atoms with van der Waals surface area (Å²) in [4.78, 5) is 43.5. The predicted molar refractivity (Wildman–Crippen MR) is 108 cm³/mol. The van der Waals surface area contributed by atoms with Gasteiger partial charge in [-0.15, -0.1) is 0 Å². The highest BCUT2D eigenvalue weighted by Gasteiger charge is 2.29. The number of ether oxygens (including phenoxy) is 1. The van der Waals surface area contributed by atoms with Crippen molar-refractivity contribution in [2.75, 3.05) is 25.5 Å². The Labute approximate surface area is 169 Å². The van der Waals surface area contributed by atoms with E-state index in [4.69, 9.17) is 0 Å². The van der Waals surface area contributed by atoms with Crippen molar-refractivity contribution in [1.29, 1.82) is 0 Å². The van der Waals surface area contributed by atoms with Crippen LogP contribution >= 0.6 is 0 Å². The third-order valence-electron chi connectivity index (χ3n) is 5.14. The second-order valence-corrected chi connectivity index (χ2v) is 6.84. The summed E-state index contributed by atoms with van der Waals surface area (Å²) in [5, 5.41) is 2.81. The number of hydrogen-bond acceptors (Lipinski definition) is 5. The van der Waals surface area contributed by atoms with Crippen molar-refractivity contribution in [3.63, 3.8) is 0 Å². The van der Waals surface area contributed by atoms with E-state index >= 15 is 0 Å². The van der Waals surface area contributed by atoms with E-state index in [0.717, 1.165) is 18.5 Å². The molecule has 0 fully saturated rings. The molecule has 0 bridgehead atoms. The number of hydrogen-bond donors (Lipinski definition) is 1. The maximum absolute atomic E-state index is 12.9. The summed E-state index contributed by atoms with van der Waals surface area (Å²) in [5.74, 6) is -0.625. The fraction of sp³-hybridized carbons (Fsp3) is 0.429. The first-order valence-electron chi connectivity index (χ1n) is 9.88. The Hall–Kier alpha value is -3.16. The standard InChI is InChI=1S/C21H26N4O4/c1-4-24(5-2)20(27)18-23-17(16-8-6-7-13-25(16)18)19(26)22-15-11-9-14(10-12-15)21(28)29-3/h9-12H,4-8,13H2,1-3H3,(H,22,26). The Morgan fingerprint density at radius 3 is 2.45 bits per heavy atom.